The Morgan fingerprint density at radius 1 is 1.06 bits per heavy atom. The normalized spacial score (nSPS) is 14.4. The van der Waals surface area contributed by atoms with Crippen LogP contribution in [0.25, 0.3) is 39.0 Å². The summed E-state index contributed by atoms with van der Waals surface area (Å²) in [6.07, 6.45) is 11.0. The molecule has 1 aromatic carbocycles. The van der Waals surface area contributed by atoms with E-state index in [1.807, 2.05) is 30.5 Å². The van der Waals surface area contributed by atoms with Crippen molar-refractivity contribution in [3.63, 3.8) is 0 Å². The van der Waals surface area contributed by atoms with Gasteiger partial charge in [-0.05, 0) is 67.9 Å². The lowest BCUT2D eigenvalue weighted by Gasteiger charge is -2.14. The van der Waals surface area contributed by atoms with Crippen molar-refractivity contribution in [2.45, 2.75) is 12.8 Å². The summed E-state index contributed by atoms with van der Waals surface area (Å²) in [5, 5.41) is 12.1. The second-order valence-corrected chi connectivity index (χ2v) is 8.62. The number of hydrogen-bond donors (Lipinski definition) is 2. The van der Waals surface area contributed by atoms with Crippen molar-refractivity contribution in [1.82, 2.24) is 25.2 Å². The number of pyridine rings is 3. The molecule has 35 heavy (non-hydrogen) atoms. The van der Waals surface area contributed by atoms with E-state index in [1.54, 1.807) is 36.8 Å². The highest BCUT2D eigenvalue weighted by Gasteiger charge is 2.14. The maximum Gasteiger partial charge on any atom is 0.160 e. The molecule has 0 spiro atoms. The molecule has 1 fully saturated rings. The second kappa shape index (κ2) is 10.5. The van der Waals surface area contributed by atoms with Crippen molar-refractivity contribution in [3.8, 4) is 22.4 Å². The average molecular weight is 467 g/mol. The Hall–Kier alpha value is -3.97. The maximum absolute atomic E-state index is 14.6. The average Bonchev–Trinajstić information content (AvgIpc) is 3.42. The minimum atomic E-state index is -0.331. The second-order valence-electron chi connectivity index (χ2n) is 8.62. The molecule has 4 heterocycles. The van der Waals surface area contributed by atoms with Gasteiger partial charge in [0.25, 0.3) is 0 Å². The van der Waals surface area contributed by atoms with E-state index in [0.29, 0.717) is 16.9 Å². The van der Waals surface area contributed by atoms with Crippen molar-refractivity contribution in [1.29, 1.82) is 5.41 Å². The third-order valence-corrected chi connectivity index (χ3v) is 6.30. The van der Waals surface area contributed by atoms with Crippen molar-refractivity contribution < 1.29 is 4.39 Å². The van der Waals surface area contributed by atoms with E-state index < -0.39 is 0 Å². The van der Waals surface area contributed by atoms with Crippen LogP contribution in [-0.2, 0) is 0 Å². The number of likely N-dealkylation sites (tertiary alicyclic amines) is 1. The van der Waals surface area contributed by atoms with Gasteiger partial charge in [-0.15, -0.1) is 0 Å². The summed E-state index contributed by atoms with van der Waals surface area (Å²) in [6, 6.07) is 14.3. The Labute approximate surface area is 204 Å². The molecule has 4 aromatic rings. The van der Waals surface area contributed by atoms with Gasteiger partial charge in [0, 0.05) is 71.7 Å². The zero-order valence-electron chi connectivity index (χ0n) is 19.4. The Morgan fingerprint density at radius 2 is 1.91 bits per heavy atom. The number of benzene rings is 1. The van der Waals surface area contributed by atoms with E-state index in [2.05, 4.69) is 25.2 Å². The number of fused-ring (bicyclic) bond motifs is 1. The molecule has 0 atom stereocenters. The monoisotopic (exact) mass is 466 g/mol. The van der Waals surface area contributed by atoms with E-state index in [4.69, 9.17) is 5.41 Å². The summed E-state index contributed by atoms with van der Waals surface area (Å²) >= 11 is 0. The van der Waals surface area contributed by atoms with Crippen LogP contribution in [0.3, 0.4) is 0 Å². The molecule has 0 radical (unpaired) electrons. The predicted octanol–water partition coefficient (Wildman–Crippen LogP) is 5.17. The van der Waals surface area contributed by atoms with E-state index in [-0.39, 0.29) is 5.82 Å². The zero-order valence-corrected chi connectivity index (χ0v) is 19.4. The van der Waals surface area contributed by atoms with Gasteiger partial charge < -0.3 is 15.6 Å². The fraction of sp³-hybridized carbons (Fsp3) is 0.214. The molecule has 0 unspecified atom stereocenters. The maximum atomic E-state index is 14.6. The number of aromatic nitrogens is 3. The molecule has 7 heteroatoms. The predicted molar refractivity (Wildman–Crippen MR) is 139 cm³/mol. The summed E-state index contributed by atoms with van der Waals surface area (Å²) in [6.45, 7) is 4.16. The number of hydrogen-bond acceptors (Lipinski definition) is 6. The lowest BCUT2D eigenvalue weighted by molar-refractivity contribution is 0.342. The summed E-state index contributed by atoms with van der Waals surface area (Å²) in [4.78, 5) is 15.9. The molecule has 1 aliphatic heterocycles. The molecule has 0 aliphatic carbocycles. The number of allylic oxidation sites excluding steroid dienone is 1. The largest absolute Gasteiger partial charge is 0.389 e. The molecule has 176 valence electrons. The molecule has 0 saturated carbocycles. The molecule has 5 rings (SSSR count). The number of nitrogens with one attached hydrogen (secondary N) is 2. The Balaban J connectivity index is 1.48. The molecule has 1 aliphatic rings. The fourth-order valence-corrected chi connectivity index (χ4v) is 4.47. The molecule has 3 aromatic heterocycles. The minimum Gasteiger partial charge on any atom is -0.389 e. The summed E-state index contributed by atoms with van der Waals surface area (Å²) < 4.78 is 14.6. The molecule has 0 amide bonds. The summed E-state index contributed by atoms with van der Waals surface area (Å²) in [7, 11) is 0. The van der Waals surface area contributed by atoms with Gasteiger partial charge in [-0.3, -0.25) is 4.98 Å². The van der Waals surface area contributed by atoms with Gasteiger partial charge in [-0.1, -0.05) is 12.1 Å². The van der Waals surface area contributed by atoms with Crippen LogP contribution in [0.4, 0.5) is 4.39 Å². The van der Waals surface area contributed by atoms with Crippen LogP contribution in [0, 0.1) is 11.2 Å². The third kappa shape index (κ3) is 5.10. The minimum absolute atomic E-state index is 0.331. The Morgan fingerprint density at radius 3 is 2.74 bits per heavy atom. The highest BCUT2D eigenvalue weighted by atomic mass is 19.1. The van der Waals surface area contributed by atoms with Crippen molar-refractivity contribution in [2.75, 3.05) is 26.2 Å². The van der Waals surface area contributed by atoms with Crippen molar-refractivity contribution in [2.24, 2.45) is 0 Å². The van der Waals surface area contributed by atoms with Gasteiger partial charge in [0.2, 0.25) is 0 Å². The summed E-state index contributed by atoms with van der Waals surface area (Å²) in [5.74, 6) is -0.331. The molecule has 2 N–H and O–H groups in total. The smallest absolute Gasteiger partial charge is 0.160 e. The van der Waals surface area contributed by atoms with Crippen molar-refractivity contribution >= 4 is 22.8 Å². The van der Waals surface area contributed by atoms with Crippen LogP contribution in [0.2, 0.25) is 0 Å². The Kier molecular flexibility index (Phi) is 6.86. The van der Waals surface area contributed by atoms with Crippen LogP contribution in [0.15, 0.2) is 73.3 Å². The van der Waals surface area contributed by atoms with Gasteiger partial charge in [0.1, 0.15) is 5.82 Å². The molecule has 0 bridgehead atoms. The highest BCUT2D eigenvalue weighted by molar-refractivity contribution is 6.08. The zero-order chi connectivity index (χ0) is 24.0. The lowest BCUT2D eigenvalue weighted by atomic mass is 9.98. The summed E-state index contributed by atoms with van der Waals surface area (Å²) in [5.41, 5.74) is 4.76. The van der Waals surface area contributed by atoms with Crippen LogP contribution in [0.1, 0.15) is 18.4 Å². The van der Waals surface area contributed by atoms with Gasteiger partial charge in [-0.25, -0.2) is 14.4 Å². The van der Waals surface area contributed by atoms with Gasteiger partial charge in [0.15, 0.2) is 5.65 Å². The number of halogens is 1. The molecule has 6 nitrogen and oxygen atoms in total. The quantitative estimate of drug-likeness (QED) is 0.277. The standard InChI is InChI=1S/C28H27FN6/c29-26-8-2-1-6-24(26)27-15-25(23-7-5-9-33-28(23)34-27)21-14-20(17-32-18-21)22(16-30)19-31-10-13-35-11-3-4-12-35/h1-2,5-9,14-19,30-31H,3-4,10-13H2/b22-19+,30-16?. The van der Waals surface area contributed by atoms with E-state index >= 15 is 0 Å². The number of nitrogens with zero attached hydrogens (tertiary/aromatic N) is 4. The first-order valence-corrected chi connectivity index (χ1v) is 11.9. The van der Waals surface area contributed by atoms with Gasteiger partial charge in [-0.2, -0.15) is 0 Å². The van der Waals surface area contributed by atoms with E-state index in [0.717, 1.165) is 40.7 Å². The lowest BCUT2D eigenvalue weighted by Crippen LogP contribution is -2.27. The van der Waals surface area contributed by atoms with Crippen molar-refractivity contribution in [3.05, 3.63) is 84.7 Å². The first kappa shape index (κ1) is 22.8. The van der Waals surface area contributed by atoms with Gasteiger partial charge >= 0.3 is 0 Å². The van der Waals surface area contributed by atoms with E-state index in [1.165, 1.54) is 38.2 Å². The third-order valence-electron chi connectivity index (χ3n) is 6.30. The topological polar surface area (TPSA) is 77.8 Å². The van der Waals surface area contributed by atoms with Crippen LogP contribution in [-0.4, -0.2) is 52.2 Å². The highest BCUT2D eigenvalue weighted by Crippen LogP contribution is 2.32. The molecular weight excluding hydrogens is 439 g/mol. The van der Waals surface area contributed by atoms with E-state index in [9.17, 15) is 4.39 Å². The Bertz CT molecular complexity index is 1380. The fourth-order valence-electron chi connectivity index (χ4n) is 4.47. The molecular formula is C28H27FN6. The SMILES string of the molecule is N=C/C(=C\NCCN1CCCC1)c1cncc(-c2cc(-c3ccccc3F)nc3ncccc23)c1. The first-order valence-electron chi connectivity index (χ1n) is 11.9. The number of rotatable bonds is 8. The van der Waals surface area contributed by atoms with Crippen LogP contribution < -0.4 is 5.32 Å². The van der Waals surface area contributed by atoms with Gasteiger partial charge in [0.05, 0.1) is 5.69 Å². The molecule has 1 saturated heterocycles. The van der Waals surface area contributed by atoms with Crippen LogP contribution in [0.5, 0.6) is 0 Å². The first-order chi connectivity index (χ1) is 17.2. The van der Waals surface area contributed by atoms with Crippen LogP contribution >= 0.6 is 0 Å².